The van der Waals surface area contributed by atoms with E-state index in [2.05, 4.69) is 18.5 Å². The molecule has 1 heteroatoms. The quantitative estimate of drug-likeness (QED) is 0.317. The molecule has 0 rings (SSSR count). The second-order valence-corrected chi connectivity index (χ2v) is 2.80. The lowest BCUT2D eigenvalue weighted by molar-refractivity contribution is 0.837. The van der Waals surface area contributed by atoms with Crippen molar-refractivity contribution >= 4 is 12.4 Å². The van der Waals surface area contributed by atoms with Crippen molar-refractivity contribution in [1.29, 1.82) is 0 Å². The van der Waals surface area contributed by atoms with Crippen LogP contribution < -0.4 is 4.67 Å². The number of nitrogens with zero attached hydrogens (tertiary/aromatic N) is 1. The third-order valence-electron chi connectivity index (χ3n) is 1.58. The smallest absolute Gasteiger partial charge is 0.111 e. The Morgan fingerprint density at radius 3 is 1.73 bits per heavy atom. The van der Waals surface area contributed by atoms with Crippen LogP contribution in [0.4, 0.5) is 0 Å². The van der Waals surface area contributed by atoms with Gasteiger partial charge in [0.25, 0.3) is 12.4 Å². The summed E-state index contributed by atoms with van der Waals surface area (Å²) in [4.78, 5) is 0. The van der Waals surface area contributed by atoms with Gasteiger partial charge >= 0.3 is 0 Å². The van der Waals surface area contributed by atoms with Gasteiger partial charge in [-0.1, -0.05) is 26.7 Å². The standard InChI is InChI=1S/C10H20N/c1-3-5-7-9-11-10-8-6-4-2/h9-10H,3-8H2,1-2H3/q+1. The first-order valence-electron chi connectivity index (χ1n) is 4.75. The summed E-state index contributed by atoms with van der Waals surface area (Å²) in [5.74, 6) is 0. The first-order chi connectivity index (χ1) is 5.41. The summed E-state index contributed by atoms with van der Waals surface area (Å²) in [5, 5.41) is 0. The van der Waals surface area contributed by atoms with E-state index in [9.17, 15) is 0 Å². The predicted molar refractivity (Wildman–Crippen MR) is 53.3 cm³/mol. The van der Waals surface area contributed by atoms with E-state index in [1.165, 1.54) is 25.7 Å². The van der Waals surface area contributed by atoms with Crippen molar-refractivity contribution in [1.82, 2.24) is 4.67 Å². The molecule has 0 aliphatic rings. The lowest BCUT2D eigenvalue weighted by atomic mass is 10.3. The molecular formula is C10H20N+. The molecule has 0 N–H and O–H groups in total. The first kappa shape index (κ1) is 10.4. The number of hydrogen-bond acceptors (Lipinski definition) is 0. The van der Waals surface area contributed by atoms with Crippen molar-refractivity contribution in [3.05, 3.63) is 0 Å². The molecule has 0 aliphatic carbocycles. The van der Waals surface area contributed by atoms with Gasteiger partial charge in [-0.15, -0.1) is 4.67 Å². The summed E-state index contributed by atoms with van der Waals surface area (Å²) in [6.45, 7) is 4.41. The second-order valence-electron chi connectivity index (χ2n) is 2.80. The van der Waals surface area contributed by atoms with E-state index < -0.39 is 0 Å². The lowest BCUT2D eigenvalue weighted by Gasteiger charge is -1.79. The fraction of sp³-hybridized carbons (Fsp3) is 0.800. The van der Waals surface area contributed by atoms with Crippen molar-refractivity contribution in [3.8, 4) is 0 Å². The highest BCUT2D eigenvalue weighted by atomic mass is 14.5. The Hall–Kier alpha value is -0.550. The Kier molecular flexibility index (Phi) is 8.98. The van der Waals surface area contributed by atoms with Crippen molar-refractivity contribution in [2.45, 2.75) is 52.4 Å². The van der Waals surface area contributed by atoms with Gasteiger partial charge in [0.15, 0.2) is 0 Å². The zero-order valence-electron chi connectivity index (χ0n) is 7.84. The van der Waals surface area contributed by atoms with Crippen LogP contribution in [-0.2, 0) is 0 Å². The van der Waals surface area contributed by atoms with Crippen LogP contribution in [0.1, 0.15) is 52.4 Å². The third-order valence-corrected chi connectivity index (χ3v) is 1.58. The van der Waals surface area contributed by atoms with Crippen LogP contribution >= 0.6 is 0 Å². The number of hydrogen-bond donors (Lipinski definition) is 0. The van der Waals surface area contributed by atoms with Gasteiger partial charge in [0.05, 0.1) is 0 Å². The number of unbranched alkanes of at least 4 members (excludes halogenated alkanes) is 4. The van der Waals surface area contributed by atoms with E-state index in [0.717, 1.165) is 12.8 Å². The molecule has 0 atom stereocenters. The average molecular weight is 154 g/mol. The van der Waals surface area contributed by atoms with E-state index in [1.807, 2.05) is 12.4 Å². The monoisotopic (exact) mass is 154 g/mol. The lowest BCUT2D eigenvalue weighted by Crippen LogP contribution is -1.84. The van der Waals surface area contributed by atoms with Crippen molar-refractivity contribution in [2.24, 2.45) is 0 Å². The van der Waals surface area contributed by atoms with E-state index in [-0.39, 0.29) is 0 Å². The first-order valence-corrected chi connectivity index (χ1v) is 4.75. The predicted octanol–water partition coefficient (Wildman–Crippen LogP) is 2.58. The third kappa shape index (κ3) is 9.45. The molecule has 11 heavy (non-hydrogen) atoms. The molecular weight excluding hydrogens is 134 g/mol. The maximum Gasteiger partial charge on any atom is 0.268 e. The minimum atomic E-state index is 1.14. The van der Waals surface area contributed by atoms with Crippen LogP contribution in [0.25, 0.3) is 0 Å². The molecule has 0 aromatic rings. The molecule has 64 valence electrons. The molecule has 0 fully saturated rings. The molecule has 0 amide bonds. The molecule has 0 unspecified atom stereocenters. The van der Waals surface area contributed by atoms with E-state index in [0.29, 0.717) is 0 Å². The minimum Gasteiger partial charge on any atom is -0.111 e. The SMILES string of the molecule is CCCCC=[N+]=CCCCC. The molecule has 0 heterocycles. The van der Waals surface area contributed by atoms with Gasteiger partial charge in [-0.25, -0.2) is 0 Å². The molecule has 0 spiro atoms. The highest BCUT2D eigenvalue weighted by Gasteiger charge is 1.85. The summed E-state index contributed by atoms with van der Waals surface area (Å²) in [6.07, 6.45) is 11.4. The van der Waals surface area contributed by atoms with E-state index in [1.54, 1.807) is 0 Å². The van der Waals surface area contributed by atoms with Crippen molar-refractivity contribution in [3.63, 3.8) is 0 Å². The van der Waals surface area contributed by atoms with Gasteiger partial charge in [0, 0.05) is 12.8 Å². The van der Waals surface area contributed by atoms with Crippen molar-refractivity contribution < 1.29 is 0 Å². The molecule has 0 aromatic carbocycles. The Labute approximate surface area is 70.3 Å². The molecule has 0 saturated heterocycles. The Balaban J connectivity index is 3.17. The van der Waals surface area contributed by atoms with Gasteiger partial charge in [-0.2, -0.15) is 0 Å². The molecule has 0 aromatic heterocycles. The Morgan fingerprint density at radius 2 is 1.36 bits per heavy atom. The van der Waals surface area contributed by atoms with Gasteiger partial charge < -0.3 is 0 Å². The van der Waals surface area contributed by atoms with Crippen LogP contribution in [0.5, 0.6) is 0 Å². The average Bonchev–Trinajstić information content (AvgIpc) is 2.03. The molecule has 0 bridgehead atoms. The fourth-order valence-corrected chi connectivity index (χ4v) is 0.814. The number of rotatable bonds is 6. The van der Waals surface area contributed by atoms with Gasteiger partial charge in [0.1, 0.15) is 0 Å². The van der Waals surface area contributed by atoms with Crippen LogP contribution in [0.3, 0.4) is 0 Å². The van der Waals surface area contributed by atoms with Crippen LogP contribution in [0, 0.1) is 0 Å². The van der Waals surface area contributed by atoms with Gasteiger partial charge in [-0.3, -0.25) is 0 Å². The molecule has 0 radical (unpaired) electrons. The highest BCUT2D eigenvalue weighted by molar-refractivity contribution is 5.65. The zero-order chi connectivity index (χ0) is 8.36. The van der Waals surface area contributed by atoms with Crippen LogP contribution in [-0.4, -0.2) is 12.4 Å². The summed E-state index contributed by atoms with van der Waals surface area (Å²) in [5.41, 5.74) is 0. The van der Waals surface area contributed by atoms with Gasteiger partial charge in [0.2, 0.25) is 0 Å². The fourth-order valence-electron chi connectivity index (χ4n) is 0.814. The minimum absolute atomic E-state index is 1.14. The molecule has 0 saturated carbocycles. The van der Waals surface area contributed by atoms with Crippen molar-refractivity contribution in [2.75, 3.05) is 0 Å². The maximum atomic E-state index is 4.20. The van der Waals surface area contributed by atoms with Crippen LogP contribution in [0.2, 0.25) is 0 Å². The summed E-state index contributed by atoms with van der Waals surface area (Å²) < 4.78 is 4.20. The normalized spacial score (nSPS) is 8.91. The molecule has 1 nitrogen and oxygen atoms in total. The second kappa shape index (κ2) is 9.45. The van der Waals surface area contributed by atoms with Gasteiger partial charge in [-0.05, 0) is 12.8 Å². The summed E-state index contributed by atoms with van der Waals surface area (Å²) in [6, 6.07) is 0. The van der Waals surface area contributed by atoms with E-state index >= 15 is 0 Å². The Bertz CT molecular complexity index is 109. The topological polar surface area (TPSA) is 14.1 Å². The highest BCUT2D eigenvalue weighted by Crippen LogP contribution is 1.88. The zero-order valence-corrected chi connectivity index (χ0v) is 7.84. The summed E-state index contributed by atoms with van der Waals surface area (Å²) >= 11 is 0. The molecule has 0 aliphatic heterocycles. The summed E-state index contributed by atoms with van der Waals surface area (Å²) in [7, 11) is 0. The largest absolute Gasteiger partial charge is 0.268 e. The Morgan fingerprint density at radius 1 is 0.909 bits per heavy atom. The maximum absolute atomic E-state index is 4.20. The van der Waals surface area contributed by atoms with E-state index in [4.69, 9.17) is 0 Å². The van der Waals surface area contributed by atoms with Crippen LogP contribution in [0.15, 0.2) is 0 Å².